The number of rotatable bonds is 27. The van der Waals surface area contributed by atoms with E-state index < -0.39 is 93.8 Å². The van der Waals surface area contributed by atoms with Crippen molar-refractivity contribution < 1.29 is 66.2 Å². The van der Waals surface area contributed by atoms with Crippen molar-refractivity contribution in [2.45, 2.75) is 57.7 Å². The van der Waals surface area contributed by atoms with Crippen LogP contribution in [-0.2, 0) is 76.0 Å². The van der Waals surface area contributed by atoms with Crippen LogP contribution in [0.1, 0.15) is 45.2 Å². The molecule has 370 valence electrons. The summed E-state index contributed by atoms with van der Waals surface area (Å²) in [7, 11) is -3.47. The molecule has 0 heterocycles. The van der Waals surface area contributed by atoms with Crippen molar-refractivity contribution in [3.63, 3.8) is 0 Å². The van der Waals surface area contributed by atoms with E-state index in [0.29, 0.717) is 26.2 Å². The Kier molecular flexibility index (Phi) is 21.1. The number of hydrogen-bond donors (Lipinski definition) is 0. The van der Waals surface area contributed by atoms with Gasteiger partial charge in [0.1, 0.15) is 5.60 Å². The number of hydrogen-bond acceptors (Lipinski definition) is 15. The maximum Gasteiger partial charge on any atom is 0.335 e. The molecule has 0 aliphatic heterocycles. The van der Waals surface area contributed by atoms with Gasteiger partial charge in [-0.3, -0.25) is 53.5 Å². The highest BCUT2D eigenvalue weighted by Crippen LogP contribution is 2.28. The molecule has 0 aliphatic rings. The smallest absolute Gasteiger partial charge is 0.335 e. The molecule has 21 nitrogen and oxygen atoms in total. The van der Waals surface area contributed by atoms with E-state index in [1.165, 1.54) is 25.3 Å². The lowest BCUT2D eigenvalue weighted by Crippen LogP contribution is -2.43. The van der Waals surface area contributed by atoms with Crippen LogP contribution in [0.5, 0.6) is 0 Å². The van der Waals surface area contributed by atoms with E-state index in [-0.39, 0.29) is 32.6 Å². The Morgan fingerprint density at radius 1 is 0.667 bits per heavy atom. The molecule has 4 rings (SSSR count). The Hall–Kier alpha value is -6.92. The first kappa shape index (κ1) is 54.7. The predicted molar refractivity (Wildman–Crippen MR) is 247 cm³/mol. The second-order valence-electron chi connectivity index (χ2n) is 15.7. The molecular formula is C47H56N6O15S. The van der Waals surface area contributed by atoms with Gasteiger partial charge in [0.05, 0.1) is 24.6 Å². The predicted octanol–water partition coefficient (Wildman–Crippen LogP) is 5.19. The first-order valence-electron chi connectivity index (χ1n) is 21.4. The normalized spacial score (nSPS) is 11.4. The van der Waals surface area contributed by atoms with Crippen LogP contribution in [0.25, 0.3) is 11.1 Å². The number of para-hydroxylation sites is 1. The average Bonchev–Trinajstić information content (AvgIpc) is 3.33. The Balaban J connectivity index is 1.47. The molecular weight excluding hydrogens is 921 g/mol. The summed E-state index contributed by atoms with van der Waals surface area (Å²) in [5, 5.41) is 14.9. The van der Waals surface area contributed by atoms with Gasteiger partial charge in [-0.25, -0.2) is 33.5 Å². The maximum absolute atomic E-state index is 13.9. The van der Waals surface area contributed by atoms with E-state index in [1.807, 2.05) is 36.4 Å². The van der Waals surface area contributed by atoms with Gasteiger partial charge in [-0.1, -0.05) is 115 Å². The average molecular weight is 977 g/mol. The minimum Gasteiger partial charge on any atom is -0.458 e. The number of esters is 1. The van der Waals surface area contributed by atoms with Crippen molar-refractivity contribution in [2.24, 2.45) is 0 Å². The summed E-state index contributed by atoms with van der Waals surface area (Å²) in [5.74, 6) is -4.14. The highest BCUT2D eigenvalue weighted by Gasteiger charge is 2.33. The van der Waals surface area contributed by atoms with E-state index in [2.05, 4.69) is 6.58 Å². The molecule has 0 N–H and O–H groups in total. The van der Waals surface area contributed by atoms with E-state index in [4.69, 9.17) is 28.9 Å². The molecule has 22 heteroatoms. The zero-order valence-corrected chi connectivity index (χ0v) is 39.8. The first-order chi connectivity index (χ1) is 32.8. The minimum atomic E-state index is -4.66. The monoisotopic (exact) mass is 976 g/mol. The Bertz CT molecular complexity index is 2490. The standard InChI is InChI=1S/C47H56N6O15S/c1-7-27-49(66-35-46(58)68-47(3,4)5)43(55)33-65-50(29-36-19-11-9-12-20-36)44(56)32-63-48(6)42(54)31-64-51(30-38-23-15-16-24-39(38)37-21-13-10-14-22-37)45(57)34-67-52(28-8-2)69(61,62)41-26-18-17-25-40(41)53(59)60/h7,9-26H,1,8,27-35H2,2-6H3. The van der Waals surface area contributed by atoms with Gasteiger partial charge in [-0.2, -0.15) is 0 Å². The SMILES string of the molecule is C=CCN(OCC(=O)OC(C)(C)C)C(=O)CON(Cc1ccccc1)C(=O)CON(C)C(=O)CON(Cc1ccccc1-c1ccccc1)C(=O)CON(CCC)S(=O)(=O)c1ccccc1[N+](=O)[O-]. The molecule has 0 aromatic heterocycles. The third kappa shape index (κ3) is 17.3. The number of benzene rings is 4. The lowest BCUT2D eigenvalue weighted by molar-refractivity contribution is -0.387. The fourth-order valence-corrected chi connectivity index (χ4v) is 7.51. The number of hydroxylamine groups is 9. The van der Waals surface area contributed by atoms with Gasteiger partial charge in [0.15, 0.2) is 37.9 Å². The molecule has 4 amide bonds. The molecule has 0 radical (unpaired) electrons. The van der Waals surface area contributed by atoms with E-state index in [1.54, 1.807) is 76.2 Å². The van der Waals surface area contributed by atoms with Gasteiger partial charge in [0.2, 0.25) is 0 Å². The van der Waals surface area contributed by atoms with Crippen molar-refractivity contribution in [3.05, 3.63) is 143 Å². The second-order valence-corrected chi connectivity index (χ2v) is 17.5. The van der Waals surface area contributed by atoms with Crippen molar-refractivity contribution in [2.75, 3.05) is 53.2 Å². The number of nitro groups is 1. The number of likely N-dealkylation sites (N-methyl/N-ethyl adjacent to an activating group) is 1. The fraction of sp³-hybridized carbons (Fsp3) is 0.340. The van der Waals surface area contributed by atoms with E-state index in [9.17, 15) is 42.5 Å². The molecule has 0 fully saturated rings. The van der Waals surface area contributed by atoms with Crippen LogP contribution < -0.4 is 0 Å². The molecule has 4 aromatic rings. The molecule has 0 atom stereocenters. The molecule has 0 bridgehead atoms. The van der Waals surface area contributed by atoms with Crippen molar-refractivity contribution in [1.29, 1.82) is 0 Å². The van der Waals surface area contributed by atoms with Gasteiger partial charge >= 0.3 is 5.97 Å². The van der Waals surface area contributed by atoms with Crippen LogP contribution in [-0.4, -0.2) is 126 Å². The summed E-state index contributed by atoms with van der Waals surface area (Å²) >= 11 is 0. The number of nitrogens with zero attached hydrogens (tertiary/aromatic N) is 6. The Morgan fingerprint density at radius 3 is 1.81 bits per heavy atom. The van der Waals surface area contributed by atoms with Crippen LogP contribution in [0, 0.1) is 10.1 Å². The van der Waals surface area contributed by atoms with Crippen LogP contribution in [0.3, 0.4) is 0 Å². The summed E-state index contributed by atoms with van der Waals surface area (Å²) in [4.78, 5) is 104. The number of amides is 4. The zero-order chi connectivity index (χ0) is 50.6. The lowest BCUT2D eigenvalue weighted by atomic mass is 10.00. The van der Waals surface area contributed by atoms with E-state index in [0.717, 1.165) is 32.9 Å². The van der Waals surface area contributed by atoms with Gasteiger partial charge in [-0.15, -0.1) is 6.58 Å². The van der Waals surface area contributed by atoms with Crippen molar-refractivity contribution >= 4 is 45.3 Å². The number of ether oxygens (including phenoxy) is 1. The number of carbonyl (C=O) groups excluding carboxylic acids is 5. The Labute approximate surface area is 400 Å². The number of nitro benzene ring substituents is 1. The van der Waals surface area contributed by atoms with Gasteiger partial charge in [-0.05, 0) is 55.5 Å². The van der Waals surface area contributed by atoms with Crippen molar-refractivity contribution in [3.8, 4) is 11.1 Å². The zero-order valence-electron chi connectivity index (χ0n) is 39.0. The molecule has 69 heavy (non-hydrogen) atoms. The lowest BCUT2D eigenvalue weighted by Gasteiger charge is -2.27. The third-order valence-electron chi connectivity index (χ3n) is 9.24. The van der Waals surface area contributed by atoms with Crippen LogP contribution in [0.2, 0.25) is 0 Å². The Morgan fingerprint density at radius 2 is 1.19 bits per heavy atom. The van der Waals surface area contributed by atoms with Gasteiger partial charge in [0, 0.05) is 19.7 Å². The van der Waals surface area contributed by atoms with Crippen LogP contribution in [0.4, 0.5) is 5.69 Å². The maximum atomic E-state index is 13.9. The summed E-state index contributed by atoms with van der Waals surface area (Å²) in [6.07, 6.45) is 1.56. The third-order valence-corrected chi connectivity index (χ3v) is 11.0. The fourth-order valence-electron chi connectivity index (χ4n) is 6.02. The number of sulfonamides is 1. The summed E-state index contributed by atoms with van der Waals surface area (Å²) < 4.78 is 33.0. The topological polar surface area (TPSA) is 234 Å². The number of carbonyl (C=O) groups is 5. The van der Waals surface area contributed by atoms with Crippen LogP contribution in [0.15, 0.2) is 127 Å². The molecule has 0 unspecified atom stereocenters. The van der Waals surface area contributed by atoms with Crippen molar-refractivity contribution in [1.82, 2.24) is 24.7 Å². The first-order valence-corrected chi connectivity index (χ1v) is 22.9. The summed E-state index contributed by atoms with van der Waals surface area (Å²) in [5.41, 5.74) is 1.20. The van der Waals surface area contributed by atoms with Gasteiger partial charge < -0.3 is 4.74 Å². The molecule has 0 saturated heterocycles. The molecule has 0 saturated carbocycles. The largest absolute Gasteiger partial charge is 0.458 e. The van der Waals surface area contributed by atoms with Crippen LogP contribution >= 0.6 is 0 Å². The highest BCUT2D eigenvalue weighted by molar-refractivity contribution is 7.89. The molecule has 4 aromatic carbocycles. The quantitative estimate of drug-likeness (QED) is 0.0324. The molecule has 0 spiro atoms. The summed E-state index contributed by atoms with van der Waals surface area (Å²) in [6, 6.07) is 29.6. The molecule has 0 aliphatic carbocycles. The van der Waals surface area contributed by atoms with E-state index >= 15 is 0 Å². The minimum absolute atomic E-state index is 0.133. The second kappa shape index (κ2) is 26.6. The summed E-state index contributed by atoms with van der Waals surface area (Å²) in [6.45, 7) is 5.56. The van der Waals surface area contributed by atoms with Gasteiger partial charge in [0.25, 0.3) is 39.3 Å². The highest BCUT2D eigenvalue weighted by atomic mass is 32.2.